The van der Waals surface area contributed by atoms with E-state index >= 15 is 0 Å². The summed E-state index contributed by atoms with van der Waals surface area (Å²) in [6.07, 6.45) is 0.721. The lowest BCUT2D eigenvalue weighted by Gasteiger charge is -2.29. The van der Waals surface area contributed by atoms with Crippen molar-refractivity contribution in [1.29, 1.82) is 0 Å². The molecule has 0 aromatic heterocycles. The maximum absolute atomic E-state index is 14.0. The third kappa shape index (κ3) is 3.83. The van der Waals surface area contributed by atoms with Gasteiger partial charge in [0.25, 0.3) is 0 Å². The van der Waals surface area contributed by atoms with Gasteiger partial charge in [-0.15, -0.1) is 12.4 Å². The molecule has 1 aromatic carbocycles. The molecule has 0 spiro atoms. The number of rotatable bonds is 3. The van der Waals surface area contributed by atoms with E-state index in [-0.39, 0.29) is 24.3 Å². The highest BCUT2D eigenvalue weighted by Crippen LogP contribution is 2.21. The van der Waals surface area contributed by atoms with Gasteiger partial charge in [0.05, 0.1) is 5.69 Å². The summed E-state index contributed by atoms with van der Waals surface area (Å²) in [6.45, 7) is 5.50. The second kappa shape index (κ2) is 6.92. The first-order chi connectivity index (χ1) is 8.16. The Kier molecular flexibility index (Phi) is 5.85. The average Bonchev–Trinajstić information content (AvgIpc) is 2.29. The summed E-state index contributed by atoms with van der Waals surface area (Å²) in [7, 11) is 0. The van der Waals surface area contributed by atoms with Crippen molar-refractivity contribution in [3.05, 3.63) is 29.6 Å². The standard InChI is InChI=1S/C13H20FN3.ClH/c1-10(15)8-11-2-3-13(12(14)9-11)17-6-4-16-5-7-17;/h2-3,9-10,16H,4-8,15H2,1H3;1H. The molecule has 1 heterocycles. The first kappa shape index (κ1) is 15.2. The van der Waals surface area contributed by atoms with Crippen LogP contribution in [0, 0.1) is 5.82 Å². The fraction of sp³-hybridized carbons (Fsp3) is 0.538. The Labute approximate surface area is 114 Å². The van der Waals surface area contributed by atoms with E-state index in [0.29, 0.717) is 5.69 Å². The Morgan fingerprint density at radius 3 is 2.61 bits per heavy atom. The van der Waals surface area contributed by atoms with Gasteiger partial charge in [-0.25, -0.2) is 4.39 Å². The molecule has 0 amide bonds. The molecule has 1 atom stereocenters. The summed E-state index contributed by atoms with van der Waals surface area (Å²) >= 11 is 0. The lowest BCUT2D eigenvalue weighted by atomic mass is 10.1. The Morgan fingerprint density at radius 1 is 1.39 bits per heavy atom. The Hall–Kier alpha value is -0.840. The number of hydrogen-bond acceptors (Lipinski definition) is 3. The Morgan fingerprint density at radius 2 is 2.06 bits per heavy atom. The zero-order valence-electron chi connectivity index (χ0n) is 10.7. The van der Waals surface area contributed by atoms with Crippen LogP contribution in [-0.4, -0.2) is 32.2 Å². The molecular weight excluding hydrogens is 253 g/mol. The van der Waals surface area contributed by atoms with E-state index in [4.69, 9.17) is 5.73 Å². The quantitative estimate of drug-likeness (QED) is 0.878. The van der Waals surface area contributed by atoms with Crippen molar-refractivity contribution in [3.8, 4) is 0 Å². The minimum atomic E-state index is -0.134. The largest absolute Gasteiger partial charge is 0.367 e. The number of anilines is 1. The molecule has 0 bridgehead atoms. The average molecular weight is 274 g/mol. The van der Waals surface area contributed by atoms with Crippen LogP contribution in [0.15, 0.2) is 18.2 Å². The van der Waals surface area contributed by atoms with Gasteiger partial charge in [0.1, 0.15) is 5.82 Å². The second-order valence-corrected chi connectivity index (χ2v) is 4.70. The van der Waals surface area contributed by atoms with Crippen LogP contribution < -0.4 is 16.0 Å². The predicted molar refractivity (Wildman–Crippen MR) is 76.1 cm³/mol. The molecule has 102 valence electrons. The van der Waals surface area contributed by atoms with Gasteiger partial charge in [-0.3, -0.25) is 0 Å². The van der Waals surface area contributed by atoms with Gasteiger partial charge in [-0.2, -0.15) is 0 Å². The van der Waals surface area contributed by atoms with Crippen molar-refractivity contribution in [2.75, 3.05) is 31.1 Å². The van der Waals surface area contributed by atoms with E-state index in [9.17, 15) is 4.39 Å². The molecular formula is C13H21ClFN3. The van der Waals surface area contributed by atoms with Crippen LogP contribution >= 0.6 is 12.4 Å². The molecule has 3 nitrogen and oxygen atoms in total. The summed E-state index contributed by atoms with van der Waals surface area (Å²) in [5.74, 6) is -0.134. The molecule has 0 saturated carbocycles. The summed E-state index contributed by atoms with van der Waals surface area (Å²) in [6, 6.07) is 5.53. The summed E-state index contributed by atoms with van der Waals surface area (Å²) in [4.78, 5) is 2.08. The molecule has 0 aliphatic carbocycles. The maximum Gasteiger partial charge on any atom is 0.146 e. The zero-order chi connectivity index (χ0) is 12.3. The molecule has 1 fully saturated rings. The number of nitrogens with two attached hydrogens (primary N) is 1. The molecule has 1 aliphatic heterocycles. The van der Waals surface area contributed by atoms with E-state index in [2.05, 4.69) is 10.2 Å². The summed E-state index contributed by atoms with van der Waals surface area (Å²) < 4.78 is 14.0. The van der Waals surface area contributed by atoms with E-state index in [1.54, 1.807) is 6.07 Å². The van der Waals surface area contributed by atoms with Crippen molar-refractivity contribution in [2.24, 2.45) is 5.73 Å². The number of piperazine rings is 1. The normalized spacial score (nSPS) is 17.2. The minimum Gasteiger partial charge on any atom is -0.367 e. The van der Waals surface area contributed by atoms with Crippen molar-refractivity contribution < 1.29 is 4.39 Å². The van der Waals surface area contributed by atoms with Gasteiger partial charge in [0.2, 0.25) is 0 Å². The first-order valence-electron chi connectivity index (χ1n) is 6.16. The molecule has 2 rings (SSSR count). The van der Waals surface area contributed by atoms with Gasteiger partial charge < -0.3 is 16.0 Å². The van der Waals surface area contributed by atoms with Crippen LogP contribution in [-0.2, 0) is 6.42 Å². The Bertz CT molecular complexity index is 378. The third-order valence-corrected chi connectivity index (χ3v) is 3.03. The molecule has 3 N–H and O–H groups in total. The second-order valence-electron chi connectivity index (χ2n) is 4.70. The molecule has 5 heteroatoms. The first-order valence-corrected chi connectivity index (χ1v) is 6.16. The lowest BCUT2D eigenvalue weighted by molar-refractivity contribution is 0.565. The highest BCUT2D eigenvalue weighted by molar-refractivity contribution is 5.85. The number of halogens is 2. The number of hydrogen-bond donors (Lipinski definition) is 2. The highest BCUT2D eigenvalue weighted by Gasteiger charge is 2.14. The van der Waals surface area contributed by atoms with Gasteiger partial charge in [-0.1, -0.05) is 6.07 Å². The lowest BCUT2D eigenvalue weighted by Crippen LogP contribution is -2.43. The molecule has 18 heavy (non-hydrogen) atoms. The van der Waals surface area contributed by atoms with Crippen molar-refractivity contribution >= 4 is 18.1 Å². The van der Waals surface area contributed by atoms with Crippen molar-refractivity contribution in [3.63, 3.8) is 0 Å². The van der Waals surface area contributed by atoms with Crippen LogP contribution in [0.5, 0.6) is 0 Å². The van der Waals surface area contributed by atoms with Gasteiger partial charge in [0.15, 0.2) is 0 Å². The SMILES string of the molecule is CC(N)Cc1ccc(N2CCNCC2)c(F)c1.Cl. The minimum absolute atomic E-state index is 0. The molecule has 1 aromatic rings. The molecule has 1 saturated heterocycles. The van der Waals surface area contributed by atoms with Crippen LogP contribution in [0.1, 0.15) is 12.5 Å². The maximum atomic E-state index is 14.0. The smallest absolute Gasteiger partial charge is 0.146 e. The topological polar surface area (TPSA) is 41.3 Å². The highest BCUT2D eigenvalue weighted by atomic mass is 35.5. The predicted octanol–water partition coefficient (Wildman–Crippen LogP) is 1.55. The fourth-order valence-corrected chi connectivity index (χ4v) is 2.21. The van der Waals surface area contributed by atoms with E-state index < -0.39 is 0 Å². The summed E-state index contributed by atoms with van der Waals surface area (Å²) in [5.41, 5.74) is 7.39. The van der Waals surface area contributed by atoms with Crippen LogP contribution in [0.3, 0.4) is 0 Å². The number of nitrogens with one attached hydrogen (secondary N) is 1. The van der Waals surface area contributed by atoms with Gasteiger partial charge in [0, 0.05) is 32.2 Å². The molecule has 1 unspecified atom stereocenters. The van der Waals surface area contributed by atoms with Crippen LogP contribution in [0.2, 0.25) is 0 Å². The third-order valence-electron chi connectivity index (χ3n) is 3.03. The van der Waals surface area contributed by atoms with E-state index in [1.807, 2.05) is 19.1 Å². The van der Waals surface area contributed by atoms with Gasteiger partial charge in [-0.05, 0) is 31.0 Å². The molecule has 1 aliphatic rings. The van der Waals surface area contributed by atoms with Crippen LogP contribution in [0.25, 0.3) is 0 Å². The molecule has 0 radical (unpaired) electrons. The van der Waals surface area contributed by atoms with E-state index in [0.717, 1.165) is 38.2 Å². The number of benzene rings is 1. The number of nitrogens with zero attached hydrogens (tertiary/aromatic N) is 1. The Balaban J connectivity index is 0.00000162. The van der Waals surface area contributed by atoms with Crippen LogP contribution in [0.4, 0.5) is 10.1 Å². The van der Waals surface area contributed by atoms with E-state index in [1.165, 1.54) is 0 Å². The van der Waals surface area contributed by atoms with Crippen molar-refractivity contribution in [2.45, 2.75) is 19.4 Å². The monoisotopic (exact) mass is 273 g/mol. The summed E-state index contributed by atoms with van der Waals surface area (Å²) in [5, 5.41) is 3.26. The van der Waals surface area contributed by atoms with Crippen molar-refractivity contribution in [1.82, 2.24) is 5.32 Å². The fourth-order valence-electron chi connectivity index (χ4n) is 2.21. The van der Waals surface area contributed by atoms with Gasteiger partial charge >= 0.3 is 0 Å². The zero-order valence-corrected chi connectivity index (χ0v) is 11.5.